The second kappa shape index (κ2) is 7.95. The molecule has 2 rings (SSSR count). The van der Waals surface area contributed by atoms with Crippen LogP contribution < -0.4 is 0 Å². The number of ether oxygens (including phenoxy) is 1. The summed E-state index contributed by atoms with van der Waals surface area (Å²) in [4.78, 5) is 17.0. The first-order valence-corrected chi connectivity index (χ1v) is 12.9. The van der Waals surface area contributed by atoms with E-state index < -0.39 is 13.9 Å². The summed E-state index contributed by atoms with van der Waals surface area (Å²) in [7, 11) is -2.07. The van der Waals surface area contributed by atoms with Gasteiger partial charge in [0, 0.05) is 17.3 Å². The number of esters is 1. The van der Waals surface area contributed by atoms with Crippen LogP contribution in [0.5, 0.6) is 0 Å². The van der Waals surface area contributed by atoms with Gasteiger partial charge in [-0.25, -0.2) is 0 Å². The van der Waals surface area contributed by atoms with Gasteiger partial charge in [-0.05, 0) is 68.9 Å². The highest BCUT2D eigenvalue weighted by atomic mass is 28.4. The maximum Gasteiger partial charge on any atom is 0.309 e. The highest BCUT2D eigenvalue weighted by Gasteiger charge is 2.40. The highest BCUT2D eigenvalue weighted by Crippen LogP contribution is 2.41. The van der Waals surface area contributed by atoms with Gasteiger partial charge in [0.25, 0.3) is 0 Å². The SMILES string of the molecule is Cc1nccc2cc([C@H](CC(=O)OC(C)(C)C)O[Si](C)(C)C(C)(C)C)ccc12. The fraction of sp³-hybridized carbons (Fsp3) is 0.565. The predicted molar refractivity (Wildman–Crippen MR) is 118 cm³/mol. The third-order valence-electron chi connectivity index (χ3n) is 5.37. The fourth-order valence-electron chi connectivity index (χ4n) is 2.84. The Morgan fingerprint density at radius 2 is 1.75 bits per heavy atom. The minimum absolute atomic E-state index is 0.0521. The molecule has 2 aromatic rings. The van der Waals surface area contributed by atoms with Crippen LogP contribution in [0.3, 0.4) is 0 Å². The summed E-state index contributed by atoms with van der Waals surface area (Å²) in [5, 5.41) is 2.28. The van der Waals surface area contributed by atoms with Crippen LogP contribution in [-0.2, 0) is 14.0 Å². The monoisotopic (exact) mass is 401 g/mol. The van der Waals surface area contributed by atoms with E-state index in [-0.39, 0.29) is 23.5 Å². The van der Waals surface area contributed by atoms with E-state index in [2.05, 4.69) is 57.0 Å². The lowest BCUT2D eigenvalue weighted by molar-refractivity contribution is -0.156. The first-order valence-electron chi connectivity index (χ1n) is 9.94. The molecule has 0 fully saturated rings. The molecule has 0 saturated carbocycles. The smallest absolute Gasteiger partial charge is 0.309 e. The van der Waals surface area contributed by atoms with Gasteiger partial charge in [-0.2, -0.15) is 0 Å². The van der Waals surface area contributed by atoms with Crippen molar-refractivity contribution >= 4 is 25.1 Å². The lowest BCUT2D eigenvalue weighted by Gasteiger charge is -2.39. The van der Waals surface area contributed by atoms with Crippen molar-refractivity contribution in [2.75, 3.05) is 0 Å². The maximum absolute atomic E-state index is 12.6. The Labute approximate surface area is 170 Å². The second-order valence-electron chi connectivity index (χ2n) is 10.0. The van der Waals surface area contributed by atoms with Crippen molar-refractivity contribution in [3.8, 4) is 0 Å². The number of carbonyl (C=O) groups excluding carboxylic acids is 1. The van der Waals surface area contributed by atoms with Crippen molar-refractivity contribution in [1.82, 2.24) is 4.98 Å². The van der Waals surface area contributed by atoms with Crippen LogP contribution >= 0.6 is 0 Å². The first-order chi connectivity index (χ1) is 12.7. The number of benzene rings is 1. The lowest BCUT2D eigenvalue weighted by atomic mass is 10.0. The summed E-state index contributed by atoms with van der Waals surface area (Å²) in [5.74, 6) is -0.234. The van der Waals surface area contributed by atoms with Gasteiger partial charge in [0.15, 0.2) is 8.32 Å². The lowest BCUT2D eigenvalue weighted by Crippen LogP contribution is -2.42. The van der Waals surface area contributed by atoms with Gasteiger partial charge in [0.1, 0.15) is 5.60 Å². The van der Waals surface area contributed by atoms with E-state index in [9.17, 15) is 4.79 Å². The van der Waals surface area contributed by atoms with E-state index in [1.165, 1.54) is 0 Å². The number of aromatic nitrogens is 1. The van der Waals surface area contributed by atoms with E-state index in [1.54, 1.807) is 0 Å². The van der Waals surface area contributed by atoms with Gasteiger partial charge in [0.05, 0.1) is 12.5 Å². The molecule has 0 radical (unpaired) electrons. The van der Waals surface area contributed by atoms with Gasteiger partial charge in [-0.3, -0.25) is 9.78 Å². The number of nitrogens with zero attached hydrogens (tertiary/aromatic N) is 1. The van der Waals surface area contributed by atoms with Crippen LogP contribution in [0.2, 0.25) is 18.1 Å². The first kappa shape index (κ1) is 22.6. The summed E-state index contributed by atoms with van der Waals surface area (Å²) in [5.41, 5.74) is 1.50. The van der Waals surface area contributed by atoms with Crippen LogP contribution in [0, 0.1) is 6.92 Å². The molecule has 1 aromatic carbocycles. The Balaban J connectivity index is 2.41. The van der Waals surface area contributed by atoms with Gasteiger partial charge in [-0.15, -0.1) is 0 Å². The molecule has 0 bridgehead atoms. The highest BCUT2D eigenvalue weighted by molar-refractivity contribution is 6.74. The normalized spacial score (nSPS) is 14.2. The largest absolute Gasteiger partial charge is 0.460 e. The molecule has 154 valence electrons. The van der Waals surface area contributed by atoms with E-state index in [0.717, 1.165) is 22.0 Å². The Morgan fingerprint density at radius 1 is 1.11 bits per heavy atom. The van der Waals surface area contributed by atoms with E-state index in [0.29, 0.717) is 0 Å². The van der Waals surface area contributed by atoms with E-state index in [4.69, 9.17) is 9.16 Å². The molecule has 0 amide bonds. The molecule has 1 atom stereocenters. The molecule has 28 heavy (non-hydrogen) atoms. The third kappa shape index (κ3) is 5.64. The van der Waals surface area contributed by atoms with Crippen molar-refractivity contribution in [2.24, 2.45) is 0 Å². The van der Waals surface area contributed by atoms with Gasteiger partial charge < -0.3 is 9.16 Å². The number of fused-ring (bicyclic) bond motifs is 1. The Bertz CT molecular complexity index is 847. The molecule has 1 heterocycles. The number of pyridine rings is 1. The van der Waals surface area contributed by atoms with Gasteiger partial charge in [-0.1, -0.05) is 32.9 Å². The van der Waals surface area contributed by atoms with Crippen molar-refractivity contribution in [1.29, 1.82) is 0 Å². The summed E-state index contributed by atoms with van der Waals surface area (Å²) in [6, 6.07) is 8.25. The van der Waals surface area contributed by atoms with Crippen LogP contribution in [0.1, 0.15) is 65.3 Å². The van der Waals surface area contributed by atoms with E-state index in [1.807, 2.05) is 40.0 Å². The molecule has 0 unspecified atom stereocenters. The maximum atomic E-state index is 12.6. The van der Waals surface area contributed by atoms with Crippen molar-refractivity contribution in [3.63, 3.8) is 0 Å². The van der Waals surface area contributed by atoms with Gasteiger partial charge >= 0.3 is 5.97 Å². The van der Waals surface area contributed by atoms with Gasteiger partial charge in [0.2, 0.25) is 0 Å². The summed E-state index contributed by atoms with van der Waals surface area (Å²) < 4.78 is 12.3. The molecule has 4 nitrogen and oxygen atoms in total. The van der Waals surface area contributed by atoms with Crippen molar-refractivity contribution in [3.05, 3.63) is 41.7 Å². The summed E-state index contributed by atoms with van der Waals surface area (Å²) in [6.07, 6.45) is 1.70. The molecule has 1 aromatic heterocycles. The molecule has 0 spiro atoms. The summed E-state index contributed by atoms with van der Waals surface area (Å²) in [6.45, 7) is 18.7. The average Bonchev–Trinajstić information content (AvgIpc) is 2.51. The quantitative estimate of drug-likeness (QED) is 0.433. The Hall–Kier alpha value is -1.72. The number of rotatable bonds is 5. The van der Waals surface area contributed by atoms with Crippen molar-refractivity contribution < 1.29 is 14.0 Å². The van der Waals surface area contributed by atoms with E-state index >= 15 is 0 Å². The number of hydrogen-bond acceptors (Lipinski definition) is 4. The molecule has 0 saturated heterocycles. The molecule has 0 aliphatic rings. The van der Waals surface area contributed by atoms with Crippen LogP contribution in [-0.4, -0.2) is 24.9 Å². The minimum atomic E-state index is -2.07. The molecule has 5 heteroatoms. The zero-order valence-electron chi connectivity index (χ0n) is 18.8. The minimum Gasteiger partial charge on any atom is -0.460 e. The molecular weight excluding hydrogens is 366 g/mol. The van der Waals surface area contributed by atoms with Crippen molar-refractivity contribution in [2.45, 2.75) is 84.7 Å². The Morgan fingerprint density at radius 3 is 2.32 bits per heavy atom. The molecule has 0 N–H and O–H groups in total. The standard InChI is InChI=1S/C23H35NO3Si/c1-16-19-11-10-18(14-17(19)12-13-24-16)20(15-21(25)26-22(2,3)4)27-28(8,9)23(5,6)7/h10-14,20H,15H2,1-9H3/t20-/m0/s1. The number of hydrogen-bond donors (Lipinski definition) is 0. The number of carbonyl (C=O) groups is 1. The third-order valence-corrected chi connectivity index (χ3v) is 9.86. The summed E-state index contributed by atoms with van der Waals surface area (Å²) >= 11 is 0. The zero-order valence-corrected chi connectivity index (χ0v) is 19.8. The molecule has 0 aliphatic carbocycles. The predicted octanol–water partition coefficient (Wildman–Crippen LogP) is 6.34. The topological polar surface area (TPSA) is 48.4 Å². The number of aryl methyl sites for hydroxylation is 1. The molecular formula is C23H35NO3Si. The average molecular weight is 402 g/mol. The Kier molecular flexibility index (Phi) is 6.41. The molecule has 0 aliphatic heterocycles. The van der Waals surface area contributed by atoms with Crippen LogP contribution in [0.15, 0.2) is 30.5 Å². The second-order valence-corrected chi connectivity index (χ2v) is 14.8. The fourth-order valence-corrected chi connectivity index (χ4v) is 4.13. The van der Waals surface area contributed by atoms with Crippen LogP contribution in [0.25, 0.3) is 10.8 Å². The zero-order chi connectivity index (χ0) is 21.3. The van der Waals surface area contributed by atoms with Crippen LogP contribution in [0.4, 0.5) is 0 Å².